The first-order valence-electron chi connectivity index (χ1n) is 5.63. The van der Waals surface area contributed by atoms with E-state index >= 15 is 0 Å². The van der Waals surface area contributed by atoms with Crippen molar-refractivity contribution in [2.75, 3.05) is 5.73 Å². The number of nitrogens with two attached hydrogens (primary N) is 1. The molecule has 0 unspecified atom stereocenters. The molecule has 3 rings (SSSR count). The van der Waals surface area contributed by atoms with Gasteiger partial charge in [-0.3, -0.25) is 9.55 Å². The van der Waals surface area contributed by atoms with E-state index in [1.165, 1.54) is 0 Å². The van der Waals surface area contributed by atoms with Crippen LogP contribution >= 0.6 is 0 Å². The minimum Gasteiger partial charge on any atom is -0.399 e. The van der Waals surface area contributed by atoms with Crippen molar-refractivity contribution in [3.05, 3.63) is 61.3 Å². The monoisotopic (exact) mass is 236 g/mol. The molecule has 0 saturated heterocycles. The smallest absolute Gasteiger partial charge is 0.0997 e. The summed E-state index contributed by atoms with van der Waals surface area (Å²) >= 11 is 0. The van der Waals surface area contributed by atoms with E-state index in [-0.39, 0.29) is 0 Å². The van der Waals surface area contributed by atoms with Crippen molar-refractivity contribution in [3.8, 4) is 16.9 Å². The van der Waals surface area contributed by atoms with Gasteiger partial charge in [0.2, 0.25) is 0 Å². The van der Waals surface area contributed by atoms with Crippen molar-refractivity contribution in [2.45, 2.75) is 0 Å². The van der Waals surface area contributed by atoms with E-state index in [9.17, 15) is 0 Å². The van der Waals surface area contributed by atoms with E-state index in [1.807, 2.05) is 53.4 Å². The number of pyridine rings is 1. The topological polar surface area (TPSA) is 56.7 Å². The average molecular weight is 236 g/mol. The molecule has 18 heavy (non-hydrogen) atoms. The average Bonchev–Trinajstić information content (AvgIpc) is 2.90. The lowest BCUT2D eigenvalue weighted by molar-refractivity contribution is 1.06. The molecule has 0 aliphatic carbocycles. The lowest BCUT2D eigenvalue weighted by atomic mass is 10.2. The Morgan fingerprint density at radius 2 is 1.78 bits per heavy atom. The summed E-state index contributed by atoms with van der Waals surface area (Å²) in [6.07, 6.45) is 7.19. The number of nitrogen functional groups attached to an aromatic ring is 1. The van der Waals surface area contributed by atoms with Crippen molar-refractivity contribution in [1.82, 2.24) is 14.5 Å². The first-order valence-corrected chi connectivity index (χ1v) is 5.63. The number of anilines is 1. The minimum absolute atomic E-state index is 0.752. The van der Waals surface area contributed by atoms with Gasteiger partial charge in [0, 0.05) is 29.3 Å². The maximum absolute atomic E-state index is 5.69. The fourth-order valence-corrected chi connectivity index (χ4v) is 1.86. The Bertz CT molecular complexity index is 641. The van der Waals surface area contributed by atoms with Gasteiger partial charge in [-0.15, -0.1) is 0 Å². The SMILES string of the molecule is Nc1ccc(-n2cncc2-c2cccnc2)cc1. The van der Waals surface area contributed by atoms with Crippen LogP contribution in [0.2, 0.25) is 0 Å². The molecule has 0 radical (unpaired) electrons. The van der Waals surface area contributed by atoms with Gasteiger partial charge in [-0.05, 0) is 36.4 Å². The molecular weight excluding hydrogens is 224 g/mol. The Hall–Kier alpha value is -2.62. The Labute approximate surface area is 105 Å². The van der Waals surface area contributed by atoms with Crippen LogP contribution in [-0.2, 0) is 0 Å². The highest BCUT2D eigenvalue weighted by Crippen LogP contribution is 2.22. The molecule has 3 aromatic rings. The summed E-state index contributed by atoms with van der Waals surface area (Å²) in [6, 6.07) is 11.6. The molecule has 2 aromatic heterocycles. The molecule has 4 nitrogen and oxygen atoms in total. The van der Waals surface area contributed by atoms with Gasteiger partial charge in [0.1, 0.15) is 0 Å². The number of benzene rings is 1. The van der Waals surface area contributed by atoms with E-state index in [4.69, 9.17) is 5.73 Å². The van der Waals surface area contributed by atoms with Crippen LogP contribution in [0.3, 0.4) is 0 Å². The van der Waals surface area contributed by atoms with Crippen LogP contribution < -0.4 is 5.73 Å². The van der Waals surface area contributed by atoms with Gasteiger partial charge in [-0.25, -0.2) is 4.98 Å². The van der Waals surface area contributed by atoms with Crippen molar-refractivity contribution < 1.29 is 0 Å². The number of imidazole rings is 1. The predicted octanol–water partition coefficient (Wildman–Crippen LogP) is 2.52. The second-order valence-electron chi connectivity index (χ2n) is 3.98. The highest BCUT2D eigenvalue weighted by molar-refractivity contribution is 5.61. The van der Waals surface area contributed by atoms with Gasteiger partial charge in [0.25, 0.3) is 0 Å². The zero-order valence-corrected chi connectivity index (χ0v) is 9.69. The third-order valence-electron chi connectivity index (χ3n) is 2.77. The van der Waals surface area contributed by atoms with Gasteiger partial charge in [0.15, 0.2) is 0 Å². The molecule has 0 saturated carbocycles. The molecule has 1 aromatic carbocycles. The molecule has 88 valence electrons. The quantitative estimate of drug-likeness (QED) is 0.695. The lowest BCUT2D eigenvalue weighted by Gasteiger charge is -2.08. The molecule has 0 amide bonds. The summed E-state index contributed by atoms with van der Waals surface area (Å²) in [5.74, 6) is 0. The maximum Gasteiger partial charge on any atom is 0.0997 e. The maximum atomic E-state index is 5.69. The van der Waals surface area contributed by atoms with Gasteiger partial charge < -0.3 is 5.73 Å². The van der Waals surface area contributed by atoms with Crippen LogP contribution in [0.4, 0.5) is 5.69 Å². The normalized spacial score (nSPS) is 10.4. The summed E-state index contributed by atoms with van der Waals surface area (Å²) in [5, 5.41) is 0. The van der Waals surface area contributed by atoms with E-state index in [0.29, 0.717) is 0 Å². The standard InChI is InChI=1S/C14H12N4/c15-12-3-5-13(6-4-12)18-10-17-9-14(18)11-2-1-7-16-8-11/h1-10H,15H2. The van der Waals surface area contributed by atoms with Crippen LogP contribution in [0.5, 0.6) is 0 Å². The molecule has 0 atom stereocenters. The molecule has 0 spiro atoms. The minimum atomic E-state index is 0.752. The zero-order chi connectivity index (χ0) is 12.4. The third kappa shape index (κ3) is 1.84. The molecule has 0 bridgehead atoms. The van der Waals surface area contributed by atoms with Gasteiger partial charge in [0.05, 0.1) is 18.2 Å². The zero-order valence-electron chi connectivity index (χ0n) is 9.69. The van der Waals surface area contributed by atoms with Crippen LogP contribution in [-0.4, -0.2) is 14.5 Å². The molecule has 2 heterocycles. The molecule has 0 aliphatic rings. The summed E-state index contributed by atoms with van der Waals surface area (Å²) in [5.41, 5.74) is 9.52. The van der Waals surface area contributed by atoms with E-state index < -0.39 is 0 Å². The van der Waals surface area contributed by atoms with Crippen LogP contribution in [0.1, 0.15) is 0 Å². The van der Waals surface area contributed by atoms with Crippen LogP contribution in [0.15, 0.2) is 61.3 Å². The Balaban J connectivity index is 2.10. The Morgan fingerprint density at radius 1 is 0.944 bits per heavy atom. The second-order valence-corrected chi connectivity index (χ2v) is 3.98. The molecule has 0 aliphatic heterocycles. The van der Waals surface area contributed by atoms with Gasteiger partial charge >= 0.3 is 0 Å². The van der Waals surface area contributed by atoms with E-state index in [1.54, 1.807) is 12.5 Å². The Kier molecular flexibility index (Phi) is 2.53. The van der Waals surface area contributed by atoms with Gasteiger partial charge in [-0.1, -0.05) is 0 Å². The molecular formula is C14H12N4. The first-order chi connectivity index (χ1) is 8.84. The van der Waals surface area contributed by atoms with Crippen LogP contribution in [0.25, 0.3) is 16.9 Å². The van der Waals surface area contributed by atoms with Crippen molar-refractivity contribution in [2.24, 2.45) is 0 Å². The van der Waals surface area contributed by atoms with Crippen molar-refractivity contribution >= 4 is 5.69 Å². The van der Waals surface area contributed by atoms with Gasteiger partial charge in [-0.2, -0.15) is 0 Å². The number of hydrogen-bond acceptors (Lipinski definition) is 3. The molecule has 0 fully saturated rings. The number of rotatable bonds is 2. The summed E-state index contributed by atoms with van der Waals surface area (Å²) in [6.45, 7) is 0. The fourth-order valence-electron chi connectivity index (χ4n) is 1.86. The fraction of sp³-hybridized carbons (Fsp3) is 0. The summed E-state index contributed by atoms with van der Waals surface area (Å²) < 4.78 is 2.01. The summed E-state index contributed by atoms with van der Waals surface area (Å²) in [7, 11) is 0. The highest BCUT2D eigenvalue weighted by Gasteiger charge is 2.06. The number of hydrogen-bond donors (Lipinski definition) is 1. The number of aromatic nitrogens is 3. The predicted molar refractivity (Wildman–Crippen MR) is 71.2 cm³/mol. The lowest BCUT2D eigenvalue weighted by Crippen LogP contribution is -1.95. The second kappa shape index (κ2) is 4.33. The Morgan fingerprint density at radius 3 is 2.50 bits per heavy atom. The number of nitrogens with zero attached hydrogens (tertiary/aromatic N) is 3. The van der Waals surface area contributed by atoms with Crippen molar-refractivity contribution in [1.29, 1.82) is 0 Å². The van der Waals surface area contributed by atoms with Crippen LogP contribution in [0, 0.1) is 0 Å². The van der Waals surface area contributed by atoms with E-state index in [2.05, 4.69) is 9.97 Å². The van der Waals surface area contributed by atoms with E-state index in [0.717, 1.165) is 22.6 Å². The highest BCUT2D eigenvalue weighted by atomic mass is 15.0. The first kappa shape index (κ1) is 10.5. The summed E-state index contributed by atoms with van der Waals surface area (Å²) in [4.78, 5) is 8.33. The molecule has 4 heteroatoms. The molecule has 2 N–H and O–H groups in total. The largest absolute Gasteiger partial charge is 0.399 e. The third-order valence-corrected chi connectivity index (χ3v) is 2.77. The van der Waals surface area contributed by atoms with Crippen molar-refractivity contribution in [3.63, 3.8) is 0 Å².